The molecular weight excluding hydrogens is 350 g/mol. The molecule has 0 heterocycles. The summed E-state index contributed by atoms with van der Waals surface area (Å²) in [7, 11) is 1.38. The first-order valence-electron chi connectivity index (χ1n) is 10.3. The standard InChI is InChI=1S/C24H33NO3/c1-19(2)22-12-9-21(10-13-22)11-14-23(26)25(18-16-24(27)28-3)17-15-20-7-5-4-6-8-20/h7,9-14,19H,4-6,8,15-18H2,1-3H3/b14-11+. The van der Waals surface area contributed by atoms with Crippen molar-refractivity contribution in [2.75, 3.05) is 20.2 Å². The van der Waals surface area contributed by atoms with Crippen LogP contribution in [0, 0.1) is 0 Å². The second kappa shape index (κ2) is 11.5. The molecule has 1 aliphatic rings. The predicted octanol–water partition coefficient (Wildman–Crippen LogP) is 5.11. The second-order valence-electron chi connectivity index (χ2n) is 7.66. The normalized spacial score (nSPS) is 14.2. The number of amides is 1. The summed E-state index contributed by atoms with van der Waals surface area (Å²) in [6.45, 7) is 5.35. The quantitative estimate of drug-likeness (QED) is 0.338. The van der Waals surface area contributed by atoms with E-state index in [-0.39, 0.29) is 18.3 Å². The summed E-state index contributed by atoms with van der Waals surface area (Å²) >= 11 is 0. The Morgan fingerprint density at radius 3 is 2.50 bits per heavy atom. The Morgan fingerprint density at radius 2 is 1.89 bits per heavy atom. The smallest absolute Gasteiger partial charge is 0.307 e. The van der Waals surface area contributed by atoms with E-state index in [1.54, 1.807) is 11.0 Å². The van der Waals surface area contributed by atoms with Crippen LogP contribution in [0.15, 0.2) is 42.0 Å². The number of hydrogen-bond acceptors (Lipinski definition) is 3. The van der Waals surface area contributed by atoms with Crippen molar-refractivity contribution in [2.24, 2.45) is 0 Å². The maximum absolute atomic E-state index is 12.7. The van der Waals surface area contributed by atoms with Crippen LogP contribution >= 0.6 is 0 Å². The molecule has 4 nitrogen and oxygen atoms in total. The number of benzene rings is 1. The van der Waals surface area contributed by atoms with Crippen molar-refractivity contribution >= 4 is 18.0 Å². The predicted molar refractivity (Wildman–Crippen MR) is 114 cm³/mol. The van der Waals surface area contributed by atoms with Gasteiger partial charge in [-0.25, -0.2) is 0 Å². The summed E-state index contributed by atoms with van der Waals surface area (Å²) < 4.78 is 4.73. The lowest BCUT2D eigenvalue weighted by Crippen LogP contribution is -2.33. The molecule has 0 atom stereocenters. The zero-order valence-electron chi connectivity index (χ0n) is 17.4. The zero-order chi connectivity index (χ0) is 20.4. The van der Waals surface area contributed by atoms with E-state index in [2.05, 4.69) is 32.1 Å². The monoisotopic (exact) mass is 383 g/mol. The largest absolute Gasteiger partial charge is 0.469 e. The summed E-state index contributed by atoms with van der Waals surface area (Å²) in [5.74, 6) is 0.138. The highest BCUT2D eigenvalue weighted by molar-refractivity contribution is 5.92. The van der Waals surface area contributed by atoms with Crippen molar-refractivity contribution in [1.82, 2.24) is 4.90 Å². The lowest BCUT2D eigenvalue weighted by atomic mass is 9.97. The van der Waals surface area contributed by atoms with Crippen molar-refractivity contribution in [2.45, 2.75) is 58.3 Å². The first kappa shape index (κ1) is 21.9. The fourth-order valence-corrected chi connectivity index (χ4v) is 3.34. The second-order valence-corrected chi connectivity index (χ2v) is 7.66. The molecule has 1 aromatic carbocycles. The Hall–Kier alpha value is -2.36. The van der Waals surface area contributed by atoms with E-state index in [1.165, 1.54) is 31.1 Å². The molecule has 2 rings (SSSR count). The average molecular weight is 384 g/mol. The van der Waals surface area contributed by atoms with Crippen LogP contribution < -0.4 is 0 Å². The van der Waals surface area contributed by atoms with Gasteiger partial charge in [0, 0.05) is 19.2 Å². The van der Waals surface area contributed by atoms with Crippen LogP contribution in [-0.2, 0) is 14.3 Å². The first-order chi connectivity index (χ1) is 13.5. The maximum atomic E-state index is 12.7. The van der Waals surface area contributed by atoms with Crippen molar-refractivity contribution in [3.05, 3.63) is 53.1 Å². The number of methoxy groups -OCH3 is 1. The molecule has 1 amide bonds. The summed E-state index contributed by atoms with van der Waals surface area (Å²) in [6, 6.07) is 8.26. The number of hydrogen-bond donors (Lipinski definition) is 0. The highest BCUT2D eigenvalue weighted by Crippen LogP contribution is 2.20. The molecule has 0 unspecified atom stereocenters. The number of ether oxygens (including phenoxy) is 1. The molecule has 4 heteroatoms. The lowest BCUT2D eigenvalue weighted by molar-refractivity contribution is -0.141. The third-order valence-corrected chi connectivity index (χ3v) is 5.23. The van der Waals surface area contributed by atoms with Gasteiger partial charge < -0.3 is 9.64 Å². The molecule has 0 aliphatic heterocycles. The molecule has 0 saturated carbocycles. The van der Waals surface area contributed by atoms with Gasteiger partial charge in [0.1, 0.15) is 0 Å². The maximum Gasteiger partial charge on any atom is 0.307 e. The molecule has 152 valence electrons. The summed E-state index contributed by atoms with van der Waals surface area (Å²) in [5.41, 5.74) is 3.71. The van der Waals surface area contributed by atoms with Gasteiger partial charge in [0.05, 0.1) is 13.5 Å². The molecule has 0 N–H and O–H groups in total. The fourth-order valence-electron chi connectivity index (χ4n) is 3.34. The zero-order valence-corrected chi connectivity index (χ0v) is 17.4. The summed E-state index contributed by atoms with van der Waals surface area (Å²) in [4.78, 5) is 26.0. The van der Waals surface area contributed by atoms with Gasteiger partial charge in [0.15, 0.2) is 0 Å². The van der Waals surface area contributed by atoms with Crippen LogP contribution in [0.3, 0.4) is 0 Å². The highest BCUT2D eigenvalue weighted by atomic mass is 16.5. The Morgan fingerprint density at radius 1 is 1.14 bits per heavy atom. The molecule has 0 bridgehead atoms. The molecule has 0 saturated heterocycles. The molecule has 0 radical (unpaired) electrons. The number of carbonyl (C=O) groups is 2. The van der Waals surface area contributed by atoms with Gasteiger partial charge in [-0.1, -0.05) is 49.8 Å². The number of nitrogens with zero attached hydrogens (tertiary/aromatic N) is 1. The average Bonchev–Trinajstić information content (AvgIpc) is 2.72. The fraction of sp³-hybridized carbons (Fsp3) is 0.500. The number of allylic oxidation sites excluding steroid dienone is 1. The van der Waals surface area contributed by atoms with Crippen LogP contribution in [0.1, 0.15) is 69.4 Å². The van der Waals surface area contributed by atoms with Crippen molar-refractivity contribution in [3.8, 4) is 0 Å². The Bertz CT molecular complexity index is 701. The van der Waals surface area contributed by atoms with Crippen molar-refractivity contribution in [1.29, 1.82) is 0 Å². The van der Waals surface area contributed by atoms with Gasteiger partial charge >= 0.3 is 5.97 Å². The molecular formula is C24H33NO3. The van der Waals surface area contributed by atoms with E-state index in [0.717, 1.165) is 24.8 Å². The SMILES string of the molecule is COC(=O)CCN(CCC1=CCCCC1)C(=O)/C=C/c1ccc(C(C)C)cc1. The summed E-state index contributed by atoms with van der Waals surface area (Å²) in [6.07, 6.45) is 11.6. The van der Waals surface area contributed by atoms with Gasteiger partial charge in [-0.3, -0.25) is 9.59 Å². The van der Waals surface area contributed by atoms with E-state index in [4.69, 9.17) is 4.74 Å². The van der Waals surface area contributed by atoms with Gasteiger partial charge in [-0.2, -0.15) is 0 Å². The molecule has 0 aromatic heterocycles. The van der Waals surface area contributed by atoms with E-state index >= 15 is 0 Å². The van der Waals surface area contributed by atoms with Gasteiger partial charge in [0.2, 0.25) is 5.91 Å². The molecule has 28 heavy (non-hydrogen) atoms. The minimum absolute atomic E-state index is 0.0618. The van der Waals surface area contributed by atoms with Crippen molar-refractivity contribution < 1.29 is 14.3 Å². The summed E-state index contributed by atoms with van der Waals surface area (Å²) in [5, 5.41) is 0. The topological polar surface area (TPSA) is 46.6 Å². The Kier molecular flexibility index (Phi) is 8.99. The first-order valence-corrected chi connectivity index (χ1v) is 10.3. The van der Waals surface area contributed by atoms with Crippen LogP contribution in [-0.4, -0.2) is 37.0 Å². The molecule has 1 aliphatic carbocycles. The van der Waals surface area contributed by atoms with Crippen molar-refractivity contribution in [3.63, 3.8) is 0 Å². The Balaban J connectivity index is 1.99. The molecule has 1 aromatic rings. The number of carbonyl (C=O) groups excluding carboxylic acids is 2. The minimum atomic E-state index is -0.289. The van der Waals surface area contributed by atoms with Crippen LogP contribution in [0.4, 0.5) is 0 Å². The van der Waals surface area contributed by atoms with Crippen LogP contribution in [0.25, 0.3) is 6.08 Å². The van der Waals surface area contributed by atoms with Gasteiger partial charge in [0.25, 0.3) is 0 Å². The van der Waals surface area contributed by atoms with E-state index in [1.807, 2.05) is 18.2 Å². The third kappa shape index (κ3) is 7.34. The lowest BCUT2D eigenvalue weighted by Gasteiger charge is -2.22. The number of esters is 1. The van der Waals surface area contributed by atoms with Crippen LogP contribution in [0.5, 0.6) is 0 Å². The third-order valence-electron chi connectivity index (χ3n) is 5.23. The van der Waals surface area contributed by atoms with E-state index < -0.39 is 0 Å². The number of rotatable bonds is 9. The van der Waals surface area contributed by atoms with E-state index in [9.17, 15) is 9.59 Å². The van der Waals surface area contributed by atoms with Gasteiger partial charge in [-0.15, -0.1) is 0 Å². The van der Waals surface area contributed by atoms with E-state index in [0.29, 0.717) is 19.0 Å². The minimum Gasteiger partial charge on any atom is -0.469 e. The highest BCUT2D eigenvalue weighted by Gasteiger charge is 2.14. The van der Waals surface area contributed by atoms with Crippen LogP contribution in [0.2, 0.25) is 0 Å². The Labute approximate surface area is 169 Å². The van der Waals surface area contributed by atoms with Gasteiger partial charge in [-0.05, 0) is 55.2 Å². The molecule has 0 fully saturated rings. The molecule has 0 spiro atoms.